The molecule has 130 valence electrons. The van der Waals surface area contributed by atoms with Crippen molar-refractivity contribution in [3.63, 3.8) is 0 Å². The largest absolute Gasteiger partial charge is 0.334 e. The Morgan fingerprint density at radius 3 is 2.36 bits per heavy atom. The smallest absolute Gasteiger partial charge is 0.254 e. The van der Waals surface area contributed by atoms with Gasteiger partial charge in [0.05, 0.1) is 0 Å². The molecule has 0 N–H and O–H groups in total. The summed E-state index contributed by atoms with van der Waals surface area (Å²) in [7, 11) is 0. The van der Waals surface area contributed by atoms with Gasteiger partial charge in [-0.2, -0.15) is 0 Å². The Morgan fingerprint density at radius 1 is 0.920 bits per heavy atom. The fourth-order valence-electron chi connectivity index (χ4n) is 4.34. The third-order valence-electron chi connectivity index (χ3n) is 5.79. The quantitative estimate of drug-likeness (QED) is 0.855. The van der Waals surface area contributed by atoms with Crippen molar-refractivity contribution in [2.45, 2.75) is 25.3 Å². The van der Waals surface area contributed by atoms with E-state index in [9.17, 15) is 4.79 Å². The Morgan fingerprint density at radius 2 is 1.60 bits per heavy atom. The number of amides is 1. The van der Waals surface area contributed by atoms with E-state index in [1.807, 2.05) is 30.3 Å². The molecule has 0 bridgehead atoms. The van der Waals surface area contributed by atoms with Gasteiger partial charge in [0.15, 0.2) is 0 Å². The topological polar surface area (TPSA) is 23.6 Å². The van der Waals surface area contributed by atoms with Crippen LogP contribution in [-0.2, 0) is 6.42 Å². The molecule has 2 atom stereocenters. The molecule has 0 saturated carbocycles. The number of rotatable bonds is 4. The third kappa shape index (κ3) is 3.62. The number of carbonyl (C=O) groups excluding carboxylic acids is 1. The van der Waals surface area contributed by atoms with Gasteiger partial charge in [-0.05, 0) is 49.4 Å². The predicted octanol–water partition coefficient (Wildman–Crippen LogP) is 3.47. The van der Waals surface area contributed by atoms with Gasteiger partial charge in [-0.3, -0.25) is 4.79 Å². The summed E-state index contributed by atoms with van der Waals surface area (Å²) in [6.07, 6.45) is 3.47. The van der Waals surface area contributed by atoms with Crippen LogP contribution in [0.3, 0.4) is 0 Å². The maximum Gasteiger partial charge on any atom is 0.254 e. The number of hydrogen-bond acceptors (Lipinski definition) is 2. The highest BCUT2D eigenvalue weighted by atomic mass is 16.2. The summed E-state index contributed by atoms with van der Waals surface area (Å²) in [5, 5.41) is 0. The van der Waals surface area contributed by atoms with Crippen LogP contribution in [0.4, 0.5) is 0 Å². The van der Waals surface area contributed by atoms with Gasteiger partial charge in [0, 0.05) is 31.2 Å². The van der Waals surface area contributed by atoms with Gasteiger partial charge in [0.2, 0.25) is 0 Å². The van der Waals surface area contributed by atoms with Crippen LogP contribution in [0.1, 0.15) is 28.8 Å². The number of likely N-dealkylation sites (tertiary alicyclic amines) is 2. The molecule has 4 rings (SSSR count). The molecule has 2 unspecified atom stereocenters. The van der Waals surface area contributed by atoms with Crippen molar-refractivity contribution in [2.75, 3.05) is 26.2 Å². The SMILES string of the molecule is O=C(c1ccccc1)N1CCC2CCN(CCc3ccccc3)CC21. The Labute approximate surface area is 150 Å². The van der Waals surface area contributed by atoms with Gasteiger partial charge < -0.3 is 9.80 Å². The number of benzene rings is 2. The van der Waals surface area contributed by atoms with Crippen molar-refractivity contribution in [2.24, 2.45) is 5.92 Å². The van der Waals surface area contributed by atoms with Gasteiger partial charge in [-0.1, -0.05) is 48.5 Å². The number of carbonyl (C=O) groups is 1. The van der Waals surface area contributed by atoms with Crippen LogP contribution >= 0.6 is 0 Å². The summed E-state index contributed by atoms with van der Waals surface area (Å²) in [5.74, 6) is 0.888. The summed E-state index contributed by atoms with van der Waals surface area (Å²) in [4.78, 5) is 17.6. The van der Waals surface area contributed by atoms with Crippen LogP contribution in [0.15, 0.2) is 60.7 Å². The maximum atomic E-state index is 12.9. The summed E-state index contributed by atoms with van der Waals surface area (Å²) in [5.41, 5.74) is 2.22. The van der Waals surface area contributed by atoms with E-state index in [0.29, 0.717) is 12.0 Å². The molecule has 2 heterocycles. The maximum absolute atomic E-state index is 12.9. The van der Waals surface area contributed by atoms with E-state index in [-0.39, 0.29) is 5.91 Å². The van der Waals surface area contributed by atoms with Crippen molar-refractivity contribution in [3.05, 3.63) is 71.8 Å². The molecule has 0 radical (unpaired) electrons. The third-order valence-corrected chi connectivity index (χ3v) is 5.79. The average molecular weight is 334 g/mol. The lowest BCUT2D eigenvalue weighted by Crippen LogP contribution is -2.50. The summed E-state index contributed by atoms with van der Waals surface area (Å²) >= 11 is 0. The molecule has 1 amide bonds. The second-order valence-electron chi connectivity index (χ2n) is 7.31. The van der Waals surface area contributed by atoms with Crippen molar-refractivity contribution in [3.8, 4) is 0 Å². The van der Waals surface area contributed by atoms with Crippen LogP contribution in [-0.4, -0.2) is 47.9 Å². The predicted molar refractivity (Wildman–Crippen MR) is 101 cm³/mol. The van der Waals surface area contributed by atoms with Crippen LogP contribution in [0.2, 0.25) is 0 Å². The number of piperidine rings is 1. The standard InChI is InChI=1S/C22H26N2O/c25-22(20-9-5-2-6-10-20)24-16-13-19-12-15-23(17-21(19)24)14-11-18-7-3-1-4-8-18/h1-10,19,21H,11-17H2. The van der Waals surface area contributed by atoms with Crippen LogP contribution in [0.5, 0.6) is 0 Å². The fraction of sp³-hybridized carbons (Fsp3) is 0.409. The van der Waals surface area contributed by atoms with Crippen molar-refractivity contribution in [1.82, 2.24) is 9.80 Å². The van der Waals surface area contributed by atoms with E-state index in [4.69, 9.17) is 0 Å². The van der Waals surface area contributed by atoms with E-state index in [2.05, 4.69) is 40.1 Å². The molecule has 2 fully saturated rings. The molecular formula is C22H26N2O. The normalized spacial score (nSPS) is 23.4. The number of fused-ring (bicyclic) bond motifs is 1. The second-order valence-corrected chi connectivity index (χ2v) is 7.31. The number of hydrogen-bond donors (Lipinski definition) is 0. The molecule has 2 aromatic carbocycles. The van der Waals surface area contributed by atoms with Gasteiger partial charge in [0.25, 0.3) is 5.91 Å². The average Bonchev–Trinajstić information content (AvgIpc) is 3.10. The minimum atomic E-state index is 0.206. The first-order chi connectivity index (χ1) is 12.3. The Bertz CT molecular complexity index is 700. The van der Waals surface area contributed by atoms with E-state index >= 15 is 0 Å². The molecule has 3 nitrogen and oxygen atoms in total. The molecule has 0 spiro atoms. The minimum Gasteiger partial charge on any atom is -0.334 e. The minimum absolute atomic E-state index is 0.206. The highest BCUT2D eigenvalue weighted by molar-refractivity contribution is 5.94. The lowest BCUT2D eigenvalue weighted by molar-refractivity contribution is 0.0602. The summed E-state index contributed by atoms with van der Waals surface area (Å²) < 4.78 is 0. The van der Waals surface area contributed by atoms with Crippen LogP contribution in [0, 0.1) is 5.92 Å². The van der Waals surface area contributed by atoms with Crippen LogP contribution in [0.25, 0.3) is 0 Å². The van der Waals surface area contributed by atoms with Gasteiger partial charge in [-0.25, -0.2) is 0 Å². The first-order valence-corrected chi connectivity index (χ1v) is 9.43. The zero-order valence-corrected chi connectivity index (χ0v) is 14.7. The first kappa shape index (κ1) is 16.3. The Kier molecular flexibility index (Phi) is 4.84. The molecular weight excluding hydrogens is 308 g/mol. The van der Waals surface area contributed by atoms with E-state index in [1.54, 1.807) is 0 Å². The highest BCUT2D eigenvalue weighted by Crippen LogP contribution is 2.32. The van der Waals surface area contributed by atoms with Gasteiger partial charge in [0.1, 0.15) is 0 Å². The van der Waals surface area contributed by atoms with E-state index in [0.717, 1.165) is 38.0 Å². The lowest BCUT2D eigenvalue weighted by atomic mass is 9.92. The molecule has 2 aromatic rings. The molecule has 2 aliphatic rings. The first-order valence-electron chi connectivity index (χ1n) is 9.43. The fourth-order valence-corrected chi connectivity index (χ4v) is 4.34. The van der Waals surface area contributed by atoms with E-state index in [1.165, 1.54) is 18.5 Å². The van der Waals surface area contributed by atoms with Crippen molar-refractivity contribution >= 4 is 5.91 Å². The molecule has 25 heavy (non-hydrogen) atoms. The van der Waals surface area contributed by atoms with Crippen molar-refractivity contribution in [1.29, 1.82) is 0 Å². The second kappa shape index (κ2) is 7.40. The van der Waals surface area contributed by atoms with Crippen molar-refractivity contribution < 1.29 is 4.79 Å². The zero-order valence-electron chi connectivity index (χ0n) is 14.7. The zero-order chi connectivity index (χ0) is 17.1. The number of nitrogens with zero attached hydrogens (tertiary/aromatic N) is 2. The highest BCUT2D eigenvalue weighted by Gasteiger charge is 2.40. The molecule has 2 saturated heterocycles. The molecule has 3 heteroatoms. The Hall–Kier alpha value is -2.13. The van der Waals surface area contributed by atoms with Gasteiger partial charge >= 0.3 is 0 Å². The van der Waals surface area contributed by atoms with E-state index < -0.39 is 0 Å². The molecule has 2 aliphatic heterocycles. The van der Waals surface area contributed by atoms with Crippen LogP contribution < -0.4 is 0 Å². The lowest BCUT2D eigenvalue weighted by Gasteiger charge is -2.38. The monoisotopic (exact) mass is 334 g/mol. The molecule has 0 aromatic heterocycles. The summed E-state index contributed by atoms with van der Waals surface area (Å²) in [6.45, 7) is 4.19. The summed E-state index contributed by atoms with van der Waals surface area (Å²) in [6, 6.07) is 20.8. The van der Waals surface area contributed by atoms with Gasteiger partial charge in [-0.15, -0.1) is 0 Å². The Balaban J connectivity index is 1.40. The molecule has 0 aliphatic carbocycles.